The van der Waals surface area contributed by atoms with Crippen molar-refractivity contribution in [2.45, 2.75) is 31.8 Å². The molecule has 3 heterocycles. The molecule has 2 aromatic heterocycles. The summed E-state index contributed by atoms with van der Waals surface area (Å²) in [6, 6.07) is 4.21. The first kappa shape index (κ1) is 16.0. The topological polar surface area (TPSA) is 85.2 Å². The van der Waals surface area contributed by atoms with E-state index in [0.29, 0.717) is 24.3 Å². The molecule has 1 aliphatic heterocycles. The highest BCUT2D eigenvalue weighted by Gasteiger charge is 2.34. The number of pyridine rings is 1. The molecule has 1 saturated heterocycles. The normalized spacial score (nSPS) is 19.8. The Morgan fingerprint density at radius 1 is 1.36 bits per heavy atom. The summed E-state index contributed by atoms with van der Waals surface area (Å²) in [6.45, 7) is 2.84. The second-order valence-electron chi connectivity index (χ2n) is 6.64. The molecular weight excluding hydrogens is 320 g/mol. The third kappa shape index (κ3) is 3.96. The lowest BCUT2D eigenvalue weighted by atomic mass is 10.1. The maximum Gasteiger partial charge on any atom is 0.317 e. The number of rotatable bonds is 6. The van der Waals surface area contributed by atoms with Gasteiger partial charge in [-0.15, -0.1) is 0 Å². The van der Waals surface area contributed by atoms with Crippen molar-refractivity contribution in [2.24, 2.45) is 5.92 Å². The van der Waals surface area contributed by atoms with E-state index in [4.69, 9.17) is 4.74 Å². The number of ether oxygens (including phenoxy) is 1. The minimum atomic E-state index is 0.00903. The average molecular weight is 342 g/mol. The van der Waals surface area contributed by atoms with Crippen molar-refractivity contribution in [1.82, 2.24) is 30.0 Å². The maximum absolute atomic E-state index is 12.6. The Bertz CT molecular complexity index is 692. The molecule has 1 aliphatic carbocycles. The largest absolute Gasteiger partial charge is 0.381 e. The molecule has 1 saturated carbocycles. The molecule has 25 heavy (non-hydrogen) atoms. The van der Waals surface area contributed by atoms with Crippen molar-refractivity contribution in [3.63, 3.8) is 0 Å². The van der Waals surface area contributed by atoms with Gasteiger partial charge in [-0.25, -0.2) is 19.4 Å². The van der Waals surface area contributed by atoms with Crippen LogP contribution in [0, 0.1) is 5.92 Å². The quantitative estimate of drug-likeness (QED) is 0.857. The SMILES string of the molecule is O=C(NCc1ccc(-n2cncn2)nc1)N(C[C@H]1CCOC1)C1CC1. The van der Waals surface area contributed by atoms with Crippen LogP contribution < -0.4 is 5.32 Å². The average Bonchev–Trinajstić information content (AvgIpc) is 3.12. The van der Waals surface area contributed by atoms with E-state index in [0.717, 1.165) is 44.6 Å². The molecule has 0 unspecified atom stereocenters. The van der Waals surface area contributed by atoms with Crippen molar-refractivity contribution >= 4 is 6.03 Å². The molecule has 1 atom stereocenters. The van der Waals surface area contributed by atoms with Crippen molar-refractivity contribution in [3.8, 4) is 5.82 Å². The number of urea groups is 1. The van der Waals surface area contributed by atoms with Crippen LogP contribution in [0.1, 0.15) is 24.8 Å². The molecule has 0 aromatic carbocycles. The lowest BCUT2D eigenvalue weighted by molar-refractivity contribution is 0.162. The third-order valence-electron chi connectivity index (χ3n) is 4.63. The van der Waals surface area contributed by atoms with Crippen LogP contribution >= 0.6 is 0 Å². The van der Waals surface area contributed by atoms with Gasteiger partial charge in [0, 0.05) is 37.9 Å². The van der Waals surface area contributed by atoms with Gasteiger partial charge in [-0.2, -0.15) is 5.10 Å². The summed E-state index contributed by atoms with van der Waals surface area (Å²) in [5, 5.41) is 7.07. The molecule has 132 valence electrons. The van der Waals surface area contributed by atoms with Crippen molar-refractivity contribution in [1.29, 1.82) is 0 Å². The van der Waals surface area contributed by atoms with E-state index < -0.39 is 0 Å². The number of amides is 2. The Morgan fingerprint density at radius 2 is 2.28 bits per heavy atom. The zero-order valence-electron chi connectivity index (χ0n) is 14.0. The van der Waals surface area contributed by atoms with Gasteiger partial charge in [-0.05, 0) is 30.9 Å². The summed E-state index contributed by atoms with van der Waals surface area (Å²) in [5.41, 5.74) is 0.956. The maximum atomic E-state index is 12.6. The van der Waals surface area contributed by atoms with Gasteiger partial charge < -0.3 is 15.0 Å². The molecule has 2 fully saturated rings. The fourth-order valence-electron chi connectivity index (χ4n) is 3.05. The standard InChI is InChI=1S/C17H22N6O2/c24-17(22(15-2-3-15)9-14-5-6-25-10-14)20-8-13-1-4-16(19-7-13)23-12-18-11-21-23/h1,4,7,11-12,14-15H,2-3,5-6,8-10H2,(H,20,24)/t14-/m1/s1. The molecule has 1 N–H and O–H groups in total. The molecule has 0 spiro atoms. The summed E-state index contributed by atoms with van der Waals surface area (Å²) >= 11 is 0. The molecule has 2 amide bonds. The fourth-order valence-corrected chi connectivity index (χ4v) is 3.05. The Hall–Kier alpha value is -2.48. The Kier molecular flexibility index (Phi) is 4.60. The van der Waals surface area contributed by atoms with Gasteiger partial charge in [0.1, 0.15) is 12.7 Å². The van der Waals surface area contributed by atoms with Gasteiger partial charge in [-0.3, -0.25) is 0 Å². The number of nitrogens with one attached hydrogen (secondary N) is 1. The summed E-state index contributed by atoms with van der Waals surface area (Å²) < 4.78 is 7.03. The first-order valence-corrected chi connectivity index (χ1v) is 8.72. The second kappa shape index (κ2) is 7.18. The summed E-state index contributed by atoms with van der Waals surface area (Å²) in [5.74, 6) is 1.17. The van der Waals surface area contributed by atoms with E-state index in [1.165, 1.54) is 6.33 Å². The smallest absolute Gasteiger partial charge is 0.317 e. The monoisotopic (exact) mass is 342 g/mol. The van der Waals surface area contributed by atoms with E-state index in [1.54, 1.807) is 17.2 Å². The van der Waals surface area contributed by atoms with Crippen LogP contribution in [0.25, 0.3) is 5.82 Å². The van der Waals surface area contributed by atoms with Gasteiger partial charge in [-0.1, -0.05) is 6.07 Å². The minimum Gasteiger partial charge on any atom is -0.381 e. The van der Waals surface area contributed by atoms with Crippen LogP contribution in [0.15, 0.2) is 31.0 Å². The van der Waals surface area contributed by atoms with Gasteiger partial charge >= 0.3 is 6.03 Å². The predicted octanol–water partition coefficient (Wildman–Crippen LogP) is 1.37. The zero-order valence-corrected chi connectivity index (χ0v) is 14.0. The molecule has 0 radical (unpaired) electrons. The molecule has 8 nitrogen and oxygen atoms in total. The number of hydrogen-bond donors (Lipinski definition) is 1. The van der Waals surface area contributed by atoms with Crippen molar-refractivity contribution < 1.29 is 9.53 Å². The van der Waals surface area contributed by atoms with E-state index in [1.807, 2.05) is 17.0 Å². The Morgan fingerprint density at radius 3 is 2.92 bits per heavy atom. The fraction of sp³-hybridized carbons (Fsp3) is 0.529. The van der Waals surface area contributed by atoms with Crippen LogP contribution in [0.2, 0.25) is 0 Å². The molecule has 8 heteroatoms. The van der Waals surface area contributed by atoms with E-state index in [2.05, 4.69) is 20.4 Å². The lowest BCUT2D eigenvalue weighted by Gasteiger charge is -2.25. The Labute approximate surface area is 146 Å². The highest BCUT2D eigenvalue weighted by Crippen LogP contribution is 2.29. The molecular formula is C17H22N6O2. The summed E-state index contributed by atoms with van der Waals surface area (Å²) in [6.07, 6.45) is 8.08. The number of nitrogens with zero attached hydrogens (tertiary/aromatic N) is 5. The molecule has 4 rings (SSSR count). The van der Waals surface area contributed by atoms with Crippen LogP contribution in [0.3, 0.4) is 0 Å². The van der Waals surface area contributed by atoms with E-state index in [9.17, 15) is 4.79 Å². The van der Waals surface area contributed by atoms with Crippen molar-refractivity contribution in [3.05, 3.63) is 36.5 Å². The van der Waals surface area contributed by atoms with Gasteiger partial charge in [0.25, 0.3) is 0 Å². The number of hydrogen-bond acceptors (Lipinski definition) is 5. The lowest BCUT2D eigenvalue weighted by Crippen LogP contribution is -2.43. The van der Waals surface area contributed by atoms with Gasteiger partial charge in [0.15, 0.2) is 5.82 Å². The van der Waals surface area contributed by atoms with Gasteiger partial charge in [0.2, 0.25) is 0 Å². The highest BCUT2D eigenvalue weighted by molar-refractivity contribution is 5.75. The number of carbonyl (C=O) groups excluding carboxylic acids is 1. The minimum absolute atomic E-state index is 0.00903. The Balaban J connectivity index is 1.32. The van der Waals surface area contributed by atoms with E-state index in [-0.39, 0.29) is 6.03 Å². The first-order chi connectivity index (χ1) is 12.3. The zero-order chi connectivity index (χ0) is 17.1. The first-order valence-electron chi connectivity index (χ1n) is 8.72. The van der Waals surface area contributed by atoms with Crippen LogP contribution in [-0.4, -0.2) is 56.5 Å². The number of carbonyl (C=O) groups is 1. The summed E-state index contributed by atoms with van der Waals surface area (Å²) in [4.78, 5) is 22.8. The van der Waals surface area contributed by atoms with Crippen LogP contribution in [-0.2, 0) is 11.3 Å². The van der Waals surface area contributed by atoms with Crippen LogP contribution in [0.4, 0.5) is 4.79 Å². The highest BCUT2D eigenvalue weighted by atomic mass is 16.5. The van der Waals surface area contributed by atoms with E-state index >= 15 is 0 Å². The van der Waals surface area contributed by atoms with Crippen LogP contribution in [0.5, 0.6) is 0 Å². The van der Waals surface area contributed by atoms with Gasteiger partial charge in [0.05, 0.1) is 6.61 Å². The third-order valence-corrected chi connectivity index (χ3v) is 4.63. The summed E-state index contributed by atoms with van der Waals surface area (Å²) in [7, 11) is 0. The molecule has 0 bridgehead atoms. The number of aromatic nitrogens is 4. The molecule has 2 aliphatic rings. The van der Waals surface area contributed by atoms with Crippen molar-refractivity contribution in [2.75, 3.05) is 19.8 Å². The molecule has 2 aromatic rings. The predicted molar refractivity (Wildman–Crippen MR) is 90.0 cm³/mol. The second-order valence-corrected chi connectivity index (χ2v) is 6.64.